The van der Waals surface area contributed by atoms with Crippen LogP contribution in [-0.4, -0.2) is 19.9 Å². The average Bonchev–Trinajstić information content (AvgIpc) is 3.73. The largest absolute Gasteiger partial charge is 0.355 e. The van der Waals surface area contributed by atoms with Gasteiger partial charge in [-0.15, -0.1) is 0 Å². The monoisotopic (exact) mass is 612 g/mol. The van der Waals surface area contributed by atoms with Gasteiger partial charge in [0, 0.05) is 42.3 Å². The molecule has 0 saturated heterocycles. The van der Waals surface area contributed by atoms with E-state index in [-0.39, 0.29) is 0 Å². The summed E-state index contributed by atoms with van der Waals surface area (Å²) in [7, 11) is 0. The molecule has 6 aromatic rings. The lowest BCUT2D eigenvalue weighted by molar-refractivity contribution is 1.32. The summed E-state index contributed by atoms with van der Waals surface area (Å²) >= 11 is 2.35. The van der Waals surface area contributed by atoms with E-state index in [4.69, 9.17) is 9.97 Å². The first-order valence-electron chi connectivity index (χ1n) is 12.9. The van der Waals surface area contributed by atoms with Gasteiger partial charge in [0.15, 0.2) is 0 Å². The van der Waals surface area contributed by atoms with Crippen LogP contribution in [-0.2, 0) is 0 Å². The Labute approximate surface area is 238 Å². The number of hydrogen-bond acceptors (Lipinski definition) is 2. The molecule has 3 aromatic heterocycles. The molecule has 0 atom stereocenters. The van der Waals surface area contributed by atoms with Crippen LogP contribution >= 0.6 is 22.6 Å². The number of benzene rings is 3. The molecule has 0 unspecified atom stereocenters. The maximum absolute atomic E-state index is 5.21. The zero-order valence-corrected chi connectivity index (χ0v) is 22.9. The molecule has 184 valence electrons. The van der Waals surface area contributed by atoms with E-state index in [1.165, 1.54) is 19.9 Å². The van der Waals surface area contributed by atoms with Gasteiger partial charge in [-0.1, -0.05) is 48.5 Å². The van der Waals surface area contributed by atoms with Crippen molar-refractivity contribution >= 4 is 67.6 Å². The van der Waals surface area contributed by atoms with Crippen LogP contribution < -0.4 is 0 Å². The second-order valence-corrected chi connectivity index (χ2v) is 11.1. The van der Waals surface area contributed by atoms with Crippen LogP contribution in [0.4, 0.5) is 0 Å². The molecule has 8 bridgehead atoms. The average molecular weight is 612 g/mol. The summed E-state index contributed by atoms with van der Waals surface area (Å²) in [6, 6.07) is 36.5. The number of aromatic amines is 2. The van der Waals surface area contributed by atoms with E-state index in [1.807, 2.05) is 0 Å². The lowest BCUT2D eigenvalue weighted by Crippen LogP contribution is -1.81. The Kier molecular flexibility index (Phi) is 5.06. The van der Waals surface area contributed by atoms with Gasteiger partial charge in [-0.2, -0.15) is 0 Å². The van der Waals surface area contributed by atoms with Crippen LogP contribution in [0.2, 0.25) is 0 Å². The first-order chi connectivity index (χ1) is 19.2. The number of nitrogens with one attached hydrogen (secondary N) is 2. The van der Waals surface area contributed by atoms with Gasteiger partial charge < -0.3 is 9.97 Å². The van der Waals surface area contributed by atoms with Crippen molar-refractivity contribution < 1.29 is 0 Å². The van der Waals surface area contributed by atoms with Crippen molar-refractivity contribution in [2.45, 2.75) is 0 Å². The van der Waals surface area contributed by atoms with Crippen molar-refractivity contribution in [1.29, 1.82) is 0 Å². The molecule has 4 nitrogen and oxygen atoms in total. The SMILES string of the molecule is Ic1ccc(-c2cc3cc4nc(cc5ccc(cc6nc(cc2[nH]3)-c2ccc3ccccc3c2-6)[nH]5)C=C4)cc1. The molecular weight excluding hydrogens is 591 g/mol. The van der Waals surface area contributed by atoms with Crippen molar-refractivity contribution in [2.24, 2.45) is 0 Å². The van der Waals surface area contributed by atoms with E-state index in [0.29, 0.717) is 0 Å². The summed E-state index contributed by atoms with van der Waals surface area (Å²) in [4.78, 5) is 17.2. The molecule has 2 aliphatic heterocycles. The molecular formula is C34H21IN4. The van der Waals surface area contributed by atoms with Crippen molar-refractivity contribution in [1.82, 2.24) is 19.9 Å². The molecule has 2 N–H and O–H groups in total. The summed E-state index contributed by atoms with van der Waals surface area (Å²) in [6.45, 7) is 0. The molecule has 5 heterocycles. The van der Waals surface area contributed by atoms with Crippen molar-refractivity contribution in [3.05, 3.63) is 118 Å². The first kappa shape index (κ1) is 22.5. The smallest absolute Gasteiger partial charge is 0.0743 e. The van der Waals surface area contributed by atoms with Gasteiger partial charge in [0.05, 0.1) is 22.8 Å². The first-order valence-corrected chi connectivity index (χ1v) is 13.9. The molecule has 0 amide bonds. The standard InChI is InChI=1S/C34H21IN4/c35-22-8-5-21(6-9-22)30-17-27-16-25-11-10-23(36-25)15-24-12-13-26(37-24)18-33-34-28-4-2-1-3-20(28)7-14-29(34)31(39-33)19-32(30)38-27/h1-19,37-38H. The third-order valence-corrected chi connectivity index (χ3v) is 8.04. The molecule has 8 rings (SSSR count). The quantitative estimate of drug-likeness (QED) is 0.182. The summed E-state index contributed by atoms with van der Waals surface area (Å²) in [5.41, 5.74) is 12.4. The number of H-pyrrole nitrogens is 2. The molecule has 39 heavy (non-hydrogen) atoms. The summed E-state index contributed by atoms with van der Waals surface area (Å²) < 4.78 is 1.21. The Morgan fingerprint density at radius 1 is 0.564 bits per heavy atom. The molecule has 3 aromatic carbocycles. The van der Waals surface area contributed by atoms with E-state index in [0.717, 1.165) is 61.5 Å². The minimum atomic E-state index is 0.916. The predicted octanol–water partition coefficient (Wildman–Crippen LogP) is 9.24. The van der Waals surface area contributed by atoms with Gasteiger partial charge in [0.25, 0.3) is 0 Å². The van der Waals surface area contributed by atoms with Gasteiger partial charge in [-0.3, -0.25) is 0 Å². The molecule has 0 saturated carbocycles. The third-order valence-electron chi connectivity index (χ3n) is 7.32. The highest BCUT2D eigenvalue weighted by Gasteiger charge is 2.19. The van der Waals surface area contributed by atoms with Crippen LogP contribution in [0, 0.1) is 3.57 Å². The fraction of sp³-hybridized carbons (Fsp3) is 0. The van der Waals surface area contributed by atoms with Gasteiger partial charge in [-0.05, 0) is 106 Å². The van der Waals surface area contributed by atoms with Crippen molar-refractivity contribution in [2.75, 3.05) is 0 Å². The second kappa shape index (κ2) is 8.78. The van der Waals surface area contributed by atoms with E-state index in [9.17, 15) is 0 Å². The number of fused-ring (bicyclic) bond motifs is 13. The zero-order chi connectivity index (χ0) is 25.9. The summed E-state index contributed by atoms with van der Waals surface area (Å²) in [6.07, 6.45) is 4.10. The number of rotatable bonds is 1. The summed E-state index contributed by atoms with van der Waals surface area (Å²) in [5, 5.41) is 2.41. The number of aromatic nitrogens is 4. The Hall–Kier alpha value is -4.49. The topological polar surface area (TPSA) is 57.4 Å². The maximum Gasteiger partial charge on any atom is 0.0743 e. The van der Waals surface area contributed by atoms with Gasteiger partial charge in [0.1, 0.15) is 0 Å². The lowest BCUT2D eigenvalue weighted by Gasteiger charge is -2.05. The molecule has 0 radical (unpaired) electrons. The Morgan fingerprint density at radius 3 is 2.18 bits per heavy atom. The van der Waals surface area contributed by atoms with E-state index < -0.39 is 0 Å². The molecule has 0 fully saturated rings. The highest BCUT2D eigenvalue weighted by Crippen LogP contribution is 2.41. The fourth-order valence-corrected chi connectivity index (χ4v) is 5.89. The van der Waals surface area contributed by atoms with E-state index >= 15 is 0 Å². The van der Waals surface area contributed by atoms with Gasteiger partial charge in [0.2, 0.25) is 0 Å². The van der Waals surface area contributed by atoms with Crippen LogP contribution in [0.3, 0.4) is 0 Å². The Balaban J connectivity index is 1.50. The van der Waals surface area contributed by atoms with Gasteiger partial charge >= 0.3 is 0 Å². The predicted molar refractivity (Wildman–Crippen MR) is 170 cm³/mol. The van der Waals surface area contributed by atoms with Crippen molar-refractivity contribution in [3.8, 4) is 33.6 Å². The molecule has 5 heteroatoms. The van der Waals surface area contributed by atoms with Crippen LogP contribution in [0.5, 0.6) is 0 Å². The normalized spacial score (nSPS) is 12.1. The van der Waals surface area contributed by atoms with Crippen LogP contribution in [0.1, 0.15) is 11.4 Å². The van der Waals surface area contributed by atoms with E-state index in [2.05, 4.69) is 148 Å². The molecule has 2 aliphatic rings. The zero-order valence-electron chi connectivity index (χ0n) is 20.7. The lowest BCUT2D eigenvalue weighted by atomic mass is 9.97. The summed E-state index contributed by atoms with van der Waals surface area (Å²) in [5.74, 6) is 0. The second-order valence-electron chi connectivity index (χ2n) is 9.89. The van der Waals surface area contributed by atoms with Gasteiger partial charge in [-0.25, -0.2) is 9.97 Å². The Morgan fingerprint density at radius 2 is 1.33 bits per heavy atom. The fourth-order valence-electron chi connectivity index (χ4n) is 5.53. The maximum atomic E-state index is 5.21. The van der Waals surface area contributed by atoms with Crippen LogP contribution in [0.25, 0.3) is 78.6 Å². The molecule has 0 spiro atoms. The van der Waals surface area contributed by atoms with Crippen molar-refractivity contribution in [3.63, 3.8) is 0 Å². The number of halogens is 1. The van der Waals surface area contributed by atoms with Crippen LogP contribution in [0.15, 0.2) is 103 Å². The minimum absolute atomic E-state index is 0.916. The Bertz CT molecular complexity index is 2130. The molecule has 0 aliphatic carbocycles. The third kappa shape index (κ3) is 3.97. The number of hydrogen-bond donors (Lipinski definition) is 2. The van der Waals surface area contributed by atoms with E-state index in [1.54, 1.807) is 0 Å². The number of nitrogens with zero attached hydrogens (tertiary/aromatic N) is 2. The highest BCUT2D eigenvalue weighted by atomic mass is 127. The highest BCUT2D eigenvalue weighted by molar-refractivity contribution is 14.1. The minimum Gasteiger partial charge on any atom is -0.355 e.